The summed E-state index contributed by atoms with van der Waals surface area (Å²) in [6.45, 7) is 1.72. The quantitative estimate of drug-likeness (QED) is 0.436. The predicted octanol–water partition coefficient (Wildman–Crippen LogP) is 2.56. The minimum absolute atomic E-state index is 0.0926. The van der Waals surface area contributed by atoms with Gasteiger partial charge in [-0.2, -0.15) is 27.3 Å². The van der Waals surface area contributed by atoms with Crippen molar-refractivity contribution in [2.75, 3.05) is 18.4 Å². The molecule has 0 fully saturated rings. The Balaban J connectivity index is 2.11. The van der Waals surface area contributed by atoms with Crippen molar-refractivity contribution in [2.24, 2.45) is 0 Å². The normalized spacial score (nSPS) is 11.5. The molecule has 0 unspecified atom stereocenters. The topological polar surface area (TPSA) is 125 Å². The van der Waals surface area contributed by atoms with Gasteiger partial charge in [-0.1, -0.05) is 23.2 Å². The Hall–Kier alpha value is -2.70. The predicted molar refractivity (Wildman–Crippen MR) is 101 cm³/mol. The zero-order chi connectivity index (χ0) is 21.3. The number of methoxy groups -OCH3 is 1. The van der Waals surface area contributed by atoms with Crippen molar-refractivity contribution in [1.82, 2.24) is 19.6 Å². The minimum Gasteiger partial charge on any atom is -0.465 e. The van der Waals surface area contributed by atoms with Crippen molar-refractivity contribution in [3.8, 4) is 6.01 Å². The molecule has 0 atom stereocenters. The van der Waals surface area contributed by atoms with Gasteiger partial charge in [-0.3, -0.25) is 4.72 Å². The third-order valence-electron chi connectivity index (χ3n) is 3.49. The molecule has 0 aliphatic rings. The first-order chi connectivity index (χ1) is 13.7. The van der Waals surface area contributed by atoms with Crippen LogP contribution in [0.15, 0.2) is 23.4 Å². The van der Waals surface area contributed by atoms with Crippen molar-refractivity contribution < 1.29 is 27.1 Å². The lowest BCUT2D eigenvalue weighted by molar-refractivity contribution is 0.0602. The van der Waals surface area contributed by atoms with Crippen molar-refractivity contribution in [3.05, 3.63) is 39.8 Å². The van der Waals surface area contributed by atoms with E-state index in [0.29, 0.717) is 0 Å². The molecule has 0 spiro atoms. The first-order valence-electron chi connectivity index (χ1n) is 7.83. The highest BCUT2D eigenvalue weighted by atomic mass is 35.5. The summed E-state index contributed by atoms with van der Waals surface area (Å²) in [5.41, 5.74) is -0.573. The van der Waals surface area contributed by atoms with Crippen LogP contribution in [0.5, 0.6) is 6.01 Å². The summed E-state index contributed by atoms with van der Waals surface area (Å²) in [4.78, 5) is 19.1. The number of ether oxygens (including phenoxy) is 2. The fraction of sp³-hybridized carbons (Fsp3) is 0.200. The van der Waals surface area contributed by atoms with Gasteiger partial charge in [-0.15, -0.1) is 5.10 Å². The molecular formula is C15H12Cl2FN5O5S. The van der Waals surface area contributed by atoms with Crippen LogP contribution in [-0.4, -0.2) is 47.7 Å². The number of fused-ring (bicyclic) bond motifs is 1. The average Bonchev–Trinajstić information content (AvgIpc) is 3.12. The number of halogens is 3. The van der Waals surface area contributed by atoms with Crippen molar-refractivity contribution in [1.29, 1.82) is 0 Å². The van der Waals surface area contributed by atoms with E-state index in [1.165, 1.54) is 18.2 Å². The summed E-state index contributed by atoms with van der Waals surface area (Å²) in [7, 11) is -3.30. The highest BCUT2D eigenvalue weighted by Crippen LogP contribution is 2.26. The molecule has 154 valence electrons. The molecule has 3 aromatic rings. The minimum atomic E-state index is -4.44. The zero-order valence-corrected chi connectivity index (χ0v) is 17.1. The van der Waals surface area contributed by atoms with Crippen LogP contribution in [0, 0.1) is 5.95 Å². The monoisotopic (exact) mass is 463 g/mol. The maximum atomic E-state index is 13.9. The van der Waals surface area contributed by atoms with Crippen LogP contribution in [0.2, 0.25) is 10.0 Å². The van der Waals surface area contributed by atoms with E-state index in [4.69, 9.17) is 27.9 Å². The Morgan fingerprint density at radius 1 is 1.31 bits per heavy atom. The van der Waals surface area contributed by atoms with Crippen molar-refractivity contribution in [3.63, 3.8) is 0 Å². The van der Waals surface area contributed by atoms with E-state index >= 15 is 0 Å². The van der Waals surface area contributed by atoms with E-state index in [-0.39, 0.29) is 34.5 Å². The SMILES string of the molecule is CCOc1nc(F)c(Cl)c2nc(S(=O)(=O)Nc3cc(Cl)ccc3C(=O)OC)nn12. The smallest absolute Gasteiger partial charge is 0.339 e. The lowest BCUT2D eigenvalue weighted by Gasteiger charge is -2.10. The van der Waals surface area contributed by atoms with Crippen LogP contribution >= 0.6 is 23.2 Å². The van der Waals surface area contributed by atoms with Crippen LogP contribution in [-0.2, 0) is 14.8 Å². The highest BCUT2D eigenvalue weighted by Gasteiger charge is 2.27. The Morgan fingerprint density at radius 3 is 2.69 bits per heavy atom. The van der Waals surface area contributed by atoms with Gasteiger partial charge in [0.25, 0.3) is 15.2 Å². The highest BCUT2D eigenvalue weighted by molar-refractivity contribution is 7.92. The standard InChI is InChI=1S/C15H12Cl2FN5O5S/c1-3-28-15-19-11(18)10(17)12-20-14(21-23(12)15)29(25,26)22-9-6-7(16)4-5-8(9)13(24)27-2/h4-6,22H,3H2,1-2H3. The lowest BCUT2D eigenvalue weighted by atomic mass is 10.2. The van der Waals surface area contributed by atoms with Gasteiger partial charge in [0.15, 0.2) is 5.65 Å². The molecule has 1 N–H and O–H groups in total. The van der Waals surface area contributed by atoms with Crippen molar-refractivity contribution >= 4 is 50.5 Å². The Morgan fingerprint density at radius 2 is 2.03 bits per heavy atom. The molecule has 2 heterocycles. The van der Waals surface area contributed by atoms with Crippen LogP contribution < -0.4 is 9.46 Å². The second kappa shape index (κ2) is 7.97. The van der Waals surface area contributed by atoms with Gasteiger partial charge in [0, 0.05) is 5.02 Å². The summed E-state index contributed by atoms with van der Waals surface area (Å²) < 4.78 is 52.2. The van der Waals surface area contributed by atoms with Gasteiger partial charge in [0.05, 0.1) is 25.0 Å². The van der Waals surface area contributed by atoms with Crippen LogP contribution in [0.4, 0.5) is 10.1 Å². The van der Waals surface area contributed by atoms with Crippen LogP contribution in [0.25, 0.3) is 5.65 Å². The first kappa shape index (κ1) is 21.0. The number of nitrogens with zero attached hydrogens (tertiary/aromatic N) is 4. The number of carbonyl (C=O) groups excluding carboxylic acids is 1. The number of benzene rings is 1. The third-order valence-corrected chi connectivity index (χ3v) is 5.19. The van der Waals surface area contributed by atoms with E-state index < -0.39 is 32.1 Å². The molecular weight excluding hydrogens is 452 g/mol. The number of anilines is 1. The Labute approximate surface area is 173 Å². The third kappa shape index (κ3) is 4.04. The molecule has 0 aliphatic heterocycles. The van der Waals surface area contributed by atoms with Gasteiger partial charge in [0.1, 0.15) is 5.02 Å². The van der Waals surface area contributed by atoms with Gasteiger partial charge >= 0.3 is 12.0 Å². The maximum Gasteiger partial charge on any atom is 0.339 e. The number of esters is 1. The molecule has 0 amide bonds. The molecule has 0 radical (unpaired) electrons. The van der Waals surface area contributed by atoms with Crippen LogP contribution in [0.3, 0.4) is 0 Å². The molecule has 0 saturated heterocycles. The molecule has 14 heteroatoms. The summed E-state index contributed by atoms with van der Waals surface area (Å²) in [5.74, 6) is -1.90. The van der Waals surface area contributed by atoms with Gasteiger partial charge in [0.2, 0.25) is 5.95 Å². The molecule has 0 saturated carbocycles. The lowest BCUT2D eigenvalue weighted by Crippen LogP contribution is -2.17. The van der Waals surface area contributed by atoms with Crippen LogP contribution in [0.1, 0.15) is 17.3 Å². The summed E-state index contributed by atoms with van der Waals surface area (Å²) in [5, 5.41) is 2.64. The number of aromatic nitrogens is 4. The number of carbonyl (C=O) groups is 1. The van der Waals surface area contributed by atoms with Gasteiger partial charge in [-0.05, 0) is 25.1 Å². The summed E-state index contributed by atoms with van der Waals surface area (Å²) >= 11 is 11.7. The molecule has 3 rings (SSSR count). The average molecular weight is 464 g/mol. The zero-order valence-electron chi connectivity index (χ0n) is 14.8. The maximum absolute atomic E-state index is 13.9. The number of hydrogen-bond acceptors (Lipinski definition) is 8. The number of nitrogens with one attached hydrogen (secondary N) is 1. The molecule has 29 heavy (non-hydrogen) atoms. The van der Waals surface area contributed by atoms with E-state index in [9.17, 15) is 17.6 Å². The van der Waals surface area contributed by atoms with Crippen molar-refractivity contribution in [2.45, 2.75) is 12.1 Å². The first-order valence-corrected chi connectivity index (χ1v) is 10.1. The fourth-order valence-corrected chi connectivity index (χ4v) is 3.54. The Bertz CT molecular complexity index is 1220. The largest absolute Gasteiger partial charge is 0.465 e. The Kier molecular flexibility index (Phi) is 5.78. The molecule has 2 aromatic heterocycles. The van der Waals surface area contributed by atoms with E-state index in [2.05, 4.69) is 24.5 Å². The number of sulfonamides is 1. The van der Waals surface area contributed by atoms with Gasteiger partial charge in [-0.25, -0.2) is 4.79 Å². The second-order valence-corrected chi connectivity index (χ2v) is 7.74. The number of hydrogen-bond donors (Lipinski definition) is 1. The number of rotatable bonds is 6. The summed E-state index contributed by atoms with van der Waals surface area (Å²) in [6.07, 6.45) is 0. The molecule has 10 nitrogen and oxygen atoms in total. The summed E-state index contributed by atoms with van der Waals surface area (Å²) in [6, 6.07) is 3.54. The van der Waals surface area contributed by atoms with E-state index in [0.717, 1.165) is 11.6 Å². The molecule has 1 aromatic carbocycles. The fourth-order valence-electron chi connectivity index (χ4n) is 2.26. The second-order valence-electron chi connectivity index (χ2n) is 5.35. The molecule has 0 bridgehead atoms. The van der Waals surface area contributed by atoms with Gasteiger partial charge < -0.3 is 9.47 Å². The van der Waals surface area contributed by atoms with E-state index in [1.807, 2.05) is 0 Å². The molecule has 0 aliphatic carbocycles. The van der Waals surface area contributed by atoms with E-state index in [1.54, 1.807) is 6.92 Å².